The minimum absolute atomic E-state index is 0.388. The summed E-state index contributed by atoms with van der Waals surface area (Å²) in [6.07, 6.45) is 8.23. The Balaban J connectivity index is 1.69. The van der Waals surface area contributed by atoms with Gasteiger partial charge in [-0.1, -0.05) is 6.42 Å². The van der Waals surface area contributed by atoms with Crippen LogP contribution in [0.15, 0.2) is 18.3 Å². The van der Waals surface area contributed by atoms with Gasteiger partial charge in [0.25, 0.3) is 0 Å². The molecule has 0 radical (unpaired) electrons. The summed E-state index contributed by atoms with van der Waals surface area (Å²) in [5.41, 5.74) is 2.09. The molecule has 2 aromatic rings. The van der Waals surface area contributed by atoms with Crippen molar-refractivity contribution in [3.63, 3.8) is 0 Å². The second kappa shape index (κ2) is 6.34. The summed E-state index contributed by atoms with van der Waals surface area (Å²) in [5.74, 6) is 1.88. The van der Waals surface area contributed by atoms with Gasteiger partial charge in [-0.15, -0.1) is 0 Å². The molecule has 2 aliphatic heterocycles. The maximum Gasteiger partial charge on any atom is 0.160 e. The lowest BCUT2D eigenvalue weighted by atomic mass is 9.99. The van der Waals surface area contributed by atoms with Gasteiger partial charge >= 0.3 is 0 Å². The molecule has 22 heavy (non-hydrogen) atoms. The SMILES string of the molecule is c1cnc2c(c1)nc(C1CCCCN1)n2CC1CCCNC1. The van der Waals surface area contributed by atoms with Crippen LogP contribution in [0.25, 0.3) is 11.2 Å². The maximum absolute atomic E-state index is 4.92. The van der Waals surface area contributed by atoms with Gasteiger partial charge in [0.1, 0.15) is 11.3 Å². The molecule has 0 spiro atoms. The molecule has 118 valence electrons. The smallest absolute Gasteiger partial charge is 0.160 e. The second-order valence-electron chi connectivity index (χ2n) is 6.64. The standard InChI is InChI=1S/C17H25N5/c1-2-9-19-14(6-1)17-21-15-7-4-10-20-16(15)22(17)12-13-5-3-8-18-11-13/h4,7,10,13-14,18-19H,1-3,5-6,8-9,11-12H2. The molecule has 2 N–H and O–H groups in total. The summed E-state index contributed by atoms with van der Waals surface area (Å²) in [6.45, 7) is 4.42. The third-order valence-electron chi connectivity index (χ3n) is 4.99. The maximum atomic E-state index is 4.92. The molecule has 4 heterocycles. The number of nitrogens with one attached hydrogen (secondary N) is 2. The number of rotatable bonds is 3. The Kier molecular flexibility index (Phi) is 4.08. The van der Waals surface area contributed by atoms with Gasteiger partial charge in [-0.3, -0.25) is 0 Å². The Labute approximate surface area is 131 Å². The Hall–Kier alpha value is -1.46. The van der Waals surface area contributed by atoms with E-state index >= 15 is 0 Å². The molecule has 2 atom stereocenters. The number of aromatic nitrogens is 3. The minimum Gasteiger partial charge on any atom is -0.316 e. The molecule has 2 aromatic heterocycles. The monoisotopic (exact) mass is 299 g/mol. The fourth-order valence-corrected chi connectivity index (χ4v) is 3.83. The zero-order valence-electron chi connectivity index (χ0n) is 13.1. The van der Waals surface area contributed by atoms with Crippen LogP contribution >= 0.6 is 0 Å². The predicted molar refractivity (Wildman–Crippen MR) is 87.7 cm³/mol. The number of hydrogen-bond donors (Lipinski definition) is 2. The predicted octanol–water partition coefficient (Wildman–Crippen LogP) is 2.25. The molecule has 4 rings (SSSR count). The normalized spacial score (nSPS) is 26.4. The number of nitrogens with zero attached hydrogens (tertiary/aromatic N) is 3. The first-order valence-electron chi connectivity index (χ1n) is 8.67. The molecule has 5 nitrogen and oxygen atoms in total. The highest BCUT2D eigenvalue weighted by atomic mass is 15.2. The summed E-state index contributed by atoms with van der Waals surface area (Å²) in [4.78, 5) is 9.53. The third kappa shape index (κ3) is 2.75. The summed E-state index contributed by atoms with van der Waals surface area (Å²) in [6, 6.07) is 4.46. The van der Waals surface area contributed by atoms with Gasteiger partial charge < -0.3 is 15.2 Å². The first-order valence-corrected chi connectivity index (χ1v) is 8.67. The van der Waals surface area contributed by atoms with Crippen molar-refractivity contribution < 1.29 is 0 Å². The molecule has 0 saturated carbocycles. The summed E-state index contributed by atoms with van der Waals surface area (Å²) >= 11 is 0. The average molecular weight is 299 g/mol. The van der Waals surface area contributed by atoms with Crippen LogP contribution in [0, 0.1) is 5.92 Å². The first-order chi connectivity index (χ1) is 10.9. The van der Waals surface area contributed by atoms with Gasteiger partial charge in [0, 0.05) is 12.7 Å². The number of hydrogen-bond acceptors (Lipinski definition) is 4. The van der Waals surface area contributed by atoms with E-state index in [0.717, 1.165) is 37.3 Å². The van der Waals surface area contributed by atoms with E-state index in [1.807, 2.05) is 12.3 Å². The lowest BCUT2D eigenvalue weighted by Gasteiger charge is -2.27. The largest absolute Gasteiger partial charge is 0.316 e. The molecule has 2 fully saturated rings. The number of imidazole rings is 1. The van der Waals surface area contributed by atoms with Crippen molar-refractivity contribution >= 4 is 11.2 Å². The topological polar surface area (TPSA) is 54.8 Å². The average Bonchev–Trinajstić information content (AvgIpc) is 2.95. The van der Waals surface area contributed by atoms with Crippen LogP contribution in [-0.2, 0) is 6.54 Å². The van der Waals surface area contributed by atoms with Crippen molar-refractivity contribution in [2.75, 3.05) is 19.6 Å². The first kappa shape index (κ1) is 14.2. The van der Waals surface area contributed by atoms with E-state index < -0.39 is 0 Å². The van der Waals surface area contributed by atoms with Gasteiger partial charge in [-0.2, -0.15) is 0 Å². The molecule has 0 aromatic carbocycles. The Morgan fingerprint density at radius 1 is 1.18 bits per heavy atom. The van der Waals surface area contributed by atoms with Crippen molar-refractivity contribution in [1.82, 2.24) is 25.2 Å². The molecule has 2 aliphatic rings. The number of fused-ring (bicyclic) bond motifs is 1. The highest BCUT2D eigenvalue weighted by molar-refractivity contribution is 5.71. The minimum atomic E-state index is 0.388. The van der Waals surface area contributed by atoms with Crippen LogP contribution in [0.2, 0.25) is 0 Å². The van der Waals surface area contributed by atoms with Gasteiger partial charge in [0.05, 0.1) is 6.04 Å². The zero-order chi connectivity index (χ0) is 14.8. The van der Waals surface area contributed by atoms with E-state index in [2.05, 4.69) is 26.3 Å². The van der Waals surface area contributed by atoms with Crippen molar-refractivity contribution in [1.29, 1.82) is 0 Å². The lowest BCUT2D eigenvalue weighted by molar-refractivity contribution is 0.322. The zero-order valence-corrected chi connectivity index (χ0v) is 13.1. The fraction of sp³-hybridized carbons (Fsp3) is 0.647. The third-order valence-corrected chi connectivity index (χ3v) is 4.99. The number of piperidine rings is 2. The highest BCUT2D eigenvalue weighted by Crippen LogP contribution is 2.27. The van der Waals surface area contributed by atoms with Crippen molar-refractivity contribution in [2.24, 2.45) is 5.92 Å². The highest BCUT2D eigenvalue weighted by Gasteiger charge is 2.24. The molecule has 2 saturated heterocycles. The van der Waals surface area contributed by atoms with Gasteiger partial charge in [0.15, 0.2) is 5.65 Å². The quantitative estimate of drug-likeness (QED) is 0.913. The van der Waals surface area contributed by atoms with Crippen molar-refractivity contribution in [3.8, 4) is 0 Å². The van der Waals surface area contributed by atoms with Gasteiger partial charge in [-0.05, 0) is 63.4 Å². The van der Waals surface area contributed by atoms with E-state index in [1.54, 1.807) is 0 Å². The van der Waals surface area contributed by atoms with E-state index in [9.17, 15) is 0 Å². The van der Waals surface area contributed by atoms with Crippen molar-refractivity contribution in [2.45, 2.75) is 44.7 Å². The molecule has 0 amide bonds. The molecule has 0 aliphatic carbocycles. The van der Waals surface area contributed by atoms with Crippen LogP contribution in [0.1, 0.15) is 44.0 Å². The van der Waals surface area contributed by atoms with Crippen LogP contribution < -0.4 is 10.6 Å². The fourth-order valence-electron chi connectivity index (χ4n) is 3.83. The second-order valence-corrected chi connectivity index (χ2v) is 6.64. The van der Waals surface area contributed by atoms with Crippen molar-refractivity contribution in [3.05, 3.63) is 24.2 Å². The van der Waals surface area contributed by atoms with E-state index in [1.165, 1.54) is 37.9 Å². The Morgan fingerprint density at radius 3 is 3.00 bits per heavy atom. The van der Waals surface area contributed by atoms with Gasteiger partial charge in [0.2, 0.25) is 0 Å². The Morgan fingerprint density at radius 2 is 2.18 bits per heavy atom. The molecule has 0 bridgehead atoms. The van der Waals surface area contributed by atoms with Gasteiger partial charge in [-0.25, -0.2) is 9.97 Å². The molecular formula is C17H25N5. The number of pyridine rings is 1. The Bertz CT molecular complexity index is 623. The van der Waals surface area contributed by atoms with Crippen LogP contribution in [-0.4, -0.2) is 34.2 Å². The molecular weight excluding hydrogens is 274 g/mol. The van der Waals surface area contributed by atoms with Crippen LogP contribution in [0.4, 0.5) is 0 Å². The van der Waals surface area contributed by atoms with Crippen LogP contribution in [0.3, 0.4) is 0 Å². The molecule has 2 unspecified atom stereocenters. The lowest BCUT2D eigenvalue weighted by Crippen LogP contribution is -2.34. The van der Waals surface area contributed by atoms with Crippen LogP contribution in [0.5, 0.6) is 0 Å². The molecule has 5 heteroatoms. The summed E-state index contributed by atoms with van der Waals surface area (Å²) < 4.78 is 2.38. The van der Waals surface area contributed by atoms with E-state index in [4.69, 9.17) is 4.98 Å². The van der Waals surface area contributed by atoms with E-state index in [-0.39, 0.29) is 0 Å². The summed E-state index contributed by atoms with van der Waals surface area (Å²) in [7, 11) is 0. The van der Waals surface area contributed by atoms with E-state index in [0.29, 0.717) is 12.0 Å². The summed E-state index contributed by atoms with van der Waals surface area (Å²) in [5, 5.41) is 7.17.